The molecule has 2 aliphatic rings. The van der Waals surface area contributed by atoms with Crippen LogP contribution in [0.15, 0.2) is 79.0 Å². The highest BCUT2D eigenvalue weighted by Crippen LogP contribution is 2.54. The number of aromatic nitrogens is 1. The molecule has 3 heterocycles. The molecule has 3 aromatic rings. The number of carbonyl (C=O) groups excluding carboxylic acids is 1. The lowest BCUT2D eigenvalue weighted by Crippen LogP contribution is -2.84. The van der Waals surface area contributed by atoms with Crippen molar-refractivity contribution >= 4 is 5.91 Å². The topological polar surface area (TPSA) is 56.7 Å². The zero-order chi connectivity index (χ0) is 21.4. The van der Waals surface area contributed by atoms with E-state index in [9.17, 15) is 14.3 Å². The van der Waals surface area contributed by atoms with Crippen LogP contribution in [0, 0.1) is 5.82 Å². The zero-order valence-corrected chi connectivity index (χ0v) is 17.1. The molecule has 2 fully saturated rings. The average molecular weight is 417 g/mol. The average Bonchev–Trinajstić information content (AvgIpc) is 2.77. The quantitative estimate of drug-likeness (QED) is 0.693. The number of hydrogen-bond acceptors (Lipinski definition) is 4. The van der Waals surface area contributed by atoms with Gasteiger partial charge in [0.1, 0.15) is 5.82 Å². The molecule has 1 N–H and O–H groups in total. The molecular formula is C25H24FN3O2. The lowest BCUT2D eigenvalue weighted by atomic mass is 9.60. The molecule has 0 bridgehead atoms. The summed E-state index contributed by atoms with van der Waals surface area (Å²) in [6, 6.07) is 21.8. The molecular weight excluding hydrogens is 393 g/mol. The summed E-state index contributed by atoms with van der Waals surface area (Å²) in [6.45, 7) is 1.71. The molecule has 0 saturated carbocycles. The first-order valence-electron chi connectivity index (χ1n) is 10.5. The van der Waals surface area contributed by atoms with Gasteiger partial charge in [0.2, 0.25) is 0 Å². The lowest BCUT2D eigenvalue weighted by Gasteiger charge is -2.70. The van der Waals surface area contributed by atoms with Gasteiger partial charge in [-0.05, 0) is 35.9 Å². The van der Waals surface area contributed by atoms with Crippen LogP contribution in [0.3, 0.4) is 0 Å². The van der Waals surface area contributed by atoms with E-state index in [1.165, 1.54) is 12.1 Å². The third-order valence-corrected chi connectivity index (χ3v) is 6.63. The summed E-state index contributed by atoms with van der Waals surface area (Å²) in [4.78, 5) is 21.4. The Bertz CT molecular complexity index is 1070. The molecule has 5 rings (SSSR count). The van der Waals surface area contributed by atoms with Crippen LogP contribution in [-0.4, -0.2) is 57.1 Å². The number of aliphatic hydroxyl groups is 1. The third kappa shape index (κ3) is 3.32. The first-order chi connectivity index (χ1) is 15.1. The second-order valence-electron chi connectivity index (χ2n) is 8.36. The van der Waals surface area contributed by atoms with Crippen molar-refractivity contribution in [3.05, 3.63) is 102 Å². The van der Waals surface area contributed by atoms with Gasteiger partial charge in [0.05, 0.1) is 17.8 Å². The Hall–Kier alpha value is -3.09. The van der Waals surface area contributed by atoms with E-state index in [0.29, 0.717) is 25.2 Å². The van der Waals surface area contributed by atoms with Gasteiger partial charge in [-0.25, -0.2) is 4.39 Å². The molecule has 1 aromatic heterocycles. The number of rotatable bonds is 5. The molecule has 2 atom stereocenters. The Morgan fingerprint density at radius 2 is 1.84 bits per heavy atom. The highest BCUT2D eigenvalue weighted by Gasteiger charge is 2.66. The summed E-state index contributed by atoms with van der Waals surface area (Å²) in [5.74, 6) is -0.467. The summed E-state index contributed by atoms with van der Waals surface area (Å²) in [5.41, 5.74) is 2.19. The van der Waals surface area contributed by atoms with E-state index in [1.807, 2.05) is 36.4 Å². The van der Waals surface area contributed by atoms with Crippen molar-refractivity contribution in [3.8, 4) is 0 Å². The zero-order valence-electron chi connectivity index (χ0n) is 17.1. The van der Waals surface area contributed by atoms with Crippen molar-refractivity contribution in [2.24, 2.45) is 0 Å². The molecule has 0 aliphatic carbocycles. The van der Waals surface area contributed by atoms with Crippen molar-refractivity contribution in [1.82, 2.24) is 14.8 Å². The van der Waals surface area contributed by atoms with Crippen molar-refractivity contribution in [3.63, 3.8) is 0 Å². The molecule has 6 heteroatoms. The van der Waals surface area contributed by atoms with Crippen molar-refractivity contribution in [1.29, 1.82) is 0 Å². The molecule has 5 nitrogen and oxygen atoms in total. The fourth-order valence-corrected chi connectivity index (χ4v) is 5.24. The van der Waals surface area contributed by atoms with Crippen LogP contribution < -0.4 is 0 Å². The minimum Gasteiger partial charge on any atom is -0.395 e. The Labute approximate surface area is 180 Å². The van der Waals surface area contributed by atoms with Crippen LogP contribution in [0.2, 0.25) is 0 Å². The van der Waals surface area contributed by atoms with E-state index < -0.39 is 5.82 Å². The van der Waals surface area contributed by atoms with Gasteiger partial charge in [-0.2, -0.15) is 0 Å². The van der Waals surface area contributed by atoms with E-state index in [2.05, 4.69) is 22.0 Å². The predicted molar refractivity (Wildman–Crippen MR) is 115 cm³/mol. The third-order valence-electron chi connectivity index (χ3n) is 6.63. The first kappa shape index (κ1) is 19.8. The fraction of sp³-hybridized carbons (Fsp3) is 0.280. The second kappa shape index (κ2) is 7.87. The van der Waals surface area contributed by atoms with E-state index in [-0.39, 0.29) is 30.0 Å². The van der Waals surface area contributed by atoms with Crippen LogP contribution >= 0.6 is 0 Å². The van der Waals surface area contributed by atoms with Crippen molar-refractivity contribution < 1.29 is 14.3 Å². The molecule has 0 radical (unpaired) electrons. The number of hydrogen-bond donors (Lipinski definition) is 1. The number of amides is 1. The second-order valence-corrected chi connectivity index (χ2v) is 8.36. The maximum Gasteiger partial charge on any atom is 0.254 e. The molecule has 2 aromatic carbocycles. The number of carbonyl (C=O) groups is 1. The number of benzene rings is 2. The number of likely N-dealkylation sites (tertiary alicyclic amines) is 2. The monoisotopic (exact) mass is 417 g/mol. The summed E-state index contributed by atoms with van der Waals surface area (Å²) >= 11 is 0. The minimum absolute atomic E-state index is 0.0337. The molecule has 2 aliphatic heterocycles. The Kier molecular flexibility index (Phi) is 5.04. The largest absolute Gasteiger partial charge is 0.395 e. The minimum atomic E-state index is -0.413. The van der Waals surface area contributed by atoms with E-state index in [4.69, 9.17) is 0 Å². The van der Waals surface area contributed by atoms with Crippen LogP contribution in [0.1, 0.15) is 27.5 Å². The van der Waals surface area contributed by atoms with Gasteiger partial charge in [-0.3, -0.25) is 14.7 Å². The first-order valence-corrected chi connectivity index (χ1v) is 10.5. The molecule has 1 spiro atoms. The van der Waals surface area contributed by atoms with Crippen LogP contribution in [-0.2, 0) is 6.54 Å². The summed E-state index contributed by atoms with van der Waals surface area (Å²) < 4.78 is 13.6. The van der Waals surface area contributed by atoms with Crippen LogP contribution in [0.5, 0.6) is 0 Å². The van der Waals surface area contributed by atoms with Gasteiger partial charge in [-0.15, -0.1) is 0 Å². The van der Waals surface area contributed by atoms with E-state index in [0.717, 1.165) is 11.3 Å². The normalized spacial score (nSPS) is 22.1. The molecule has 2 saturated heterocycles. The molecule has 158 valence electrons. The fourth-order valence-electron chi connectivity index (χ4n) is 5.24. The van der Waals surface area contributed by atoms with E-state index in [1.54, 1.807) is 23.2 Å². The highest BCUT2D eigenvalue weighted by atomic mass is 19.1. The van der Waals surface area contributed by atoms with Crippen LogP contribution in [0.4, 0.5) is 4.39 Å². The lowest BCUT2D eigenvalue weighted by molar-refractivity contribution is -0.184. The summed E-state index contributed by atoms with van der Waals surface area (Å²) in [6.07, 6.45) is 1.77. The van der Waals surface area contributed by atoms with Gasteiger partial charge in [-0.1, -0.05) is 42.5 Å². The van der Waals surface area contributed by atoms with Gasteiger partial charge in [0, 0.05) is 43.4 Å². The SMILES string of the molecule is O=C(c1cccc(F)c1)N1CC2(C1)[C@@H](c1ccccc1)[C@@H](CO)N2Cc1ccccn1. The Morgan fingerprint density at radius 3 is 2.52 bits per heavy atom. The standard InChI is InChI=1S/C25H24FN3O2/c26-20-10-6-9-19(13-20)24(31)28-16-25(17-28)23(18-7-2-1-3-8-18)22(15-30)29(25)14-21-11-4-5-12-27-21/h1-13,22-23,30H,14-17H2/t22-,23+/m1/s1. The number of aliphatic hydroxyl groups excluding tert-OH is 1. The summed E-state index contributed by atoms with van der Waals surface area (Å²) in [5, 5.41) is 10.2. The Balaban J connectivity index is 1.43. The van der Waals surface area contributed by atoms with Gasteiger partial charge < -0.3 is 10.0 Å². The number of halogens is 1. The maximum atomic E-state index is 13.6. The number of nitrogens with zero attached hydrogens (tertiary/aromatic N) is 3. The van der Waals surface area contributed by atoms with Gasteiger partial charge in [0.15, 0.2) is 0 Å². The predicted octanol–water partition coefficient (Wildman–Crippen LogP) is 3.08. The Morgan fingerprint density at radius 1 is 1.06 bits per heavy atom. The van der Waals surface area contributed by atoms with Crippen molar-refractivity contribution in [2.75, 3.05) is 19.7 Å². The summed E-state index contributed by atoms with van der Waals surface area (Å²) in [7, 11) is 0. The molecule has 1 amide bonds. The van der Waals surface area contributed by atoms with E-state index >= 15 is 0 Å². The maximum absolute atomic E-state index is 13.6. The molecule has 0 unspecified atom stereocenters. The van der Waals surface area contributed by atoms with Gasteiger partial charge in [0.25, 0.3) is 5.91 Å². The van der Waals surface area contributed by atoms with Crippen molar-refractivity contribution in [2.45, 2.75) is 24.0 Å². The smallest absolute Gasteiger partial charge is 0.254 e. The van der Waals surface area contributed by atoms with Crippen LogP contribution in [0.25, 0.3) is 0 Å². The highest BCUT2D eigenvalue weighted by molar-refractivity contribution is 5.95. The number of pyridine rings is 1. The van der Waals surface area contributed by atoms with Gasteiger partial charge >= 0.3 is 0 Å². The molecule has 31 heavy (non-hydrogen) atoms.